The molecule has 0 bridgehead atoms. The molecule has 0 saturated carbocycles. The van der Waals surface area contributed by atoms with Crippen molar-refractivity contribution < 1.29 is 24.5 Å². The van der Waals surface area contributed by atoms with Crippen molar-refractivity contribution in [2.75, 3.05) is 6.61 Å². The maximum absolute atomic E-state index is 11.1. The number of carboxylic acids is 1. The second kappa shape index (κ2) is 2.98. The maximum atomic E-state index is 11.1. The first-order valence-electron chi connectivity index (χ1n) is 4.16. The maximum Gasteiger partial charge on any atom is 0.334 e. The zero-order valence-electron chi connectivity index (χ0n) is 7.21. The van der Waals surface area contributed by atoms with Crippen LogP contribution < -0.4 is 0 Å². The van der Waals surface area contributed by atoms with Gasteiger partial charge in [-0.05, 0) is 6.08 Å². The highest BCUT2D eigenvalue weighted by Gasteiger charge is 2.53. The van der Waals surface area contributed by atoms with Crippen LogP contribution in [-0.2, 0) is 14.3 Å². The predicted octanol–water partition coefficient (Wildman–Crippen LogP) is -1.10. The molecule has 0 aromatic heterocycles. The zero-order valence-corrected chi connectivity index (χ0v) is 7.21. The Balaban J connectivity index is 2.26. The van der Waals surface area contributed by atoms with E-state index in [0.29, 0.717) is 0 Å². The smallest absolute Gasteiger partial charge is 0.334 e. The fourth-order valence-corrected chi connectivity index (χ4v) is 1.66. The lowest BCUT2D eigenvalue weighted by Gasteiger charge is -2.33. The highest BCUT2D eigenvalue weighted by atomic mass is 16.5. The third-order valence-corrected chi connectivity index (χ3v) is 2.29. The summed E-state index contributed by atoms with van der Waals surface area (Å²) in [6.07, 6.45) is 1.03. The summed E-state index contributed by atoms with van der Waals surface area (Å²) in [5.41, 5.74) is 0. The van der Waals surface area contributed by atoms with Gasteiger partial charge in [0.15, 0.2) is 12.3 Å². The van der Waals surface area contributed by atoms with Crippen molar-refractivity contribution in [2.45, 2.75) is 18.7 Å². The average molecular weight is 199 g/mol. The minimum atomic E-state index is -1.14. The van der Waals surface area contributed by atoms with E-state index in [0.717, 1.165) is 0 Å². The van der Waals surface area contributed by atoms with Gasteiger partial charge in [-0.15, -0.1) is 0 Å². The Kier molecular flexibility index (Phi) is 1.92. The number of aliphatic carboxylic acids is 1. The van der Waals surface area contributed by atoms with Gasteiger partial charge in [-0.25, -0.2) is 4.79 Å². The van der Waals surface area contributed by atoms with E-state index in [2.05, 4.69) is 0 Å². The number of carbonyl (C=O) groups excluding carboxylic acids is 1. The third-order valence-electron chi connectivity index (χ3n) is 2.29. The van der Waals surface area contributed by atoms with Crippen LogP contribution in [0.2, 0.25) is 0 Å². The first-order valence-corrected chi connectivity index (χ1v) is 4.16. The summed E-state index contributed by atoms with van der Waals surface area (Å²) < 4.78 is 5.17. The molecular formula is C8H9NO5. The molecule has 76 valence electrons. The van der Waals surface area contributed by atoms with Gasteiger partial charge in [0.1, 0.15) is 5.76 Å². The largest absolute Gasteiger partial charge is 0.479 e. The molecule has 2 N–H and O–H groups in total. The van der Waals surface area contributed by atoms with E-state index in [1.807, 2.05) is 0 Å². The second-order valence-corrected chi connectivity index (χ2v) is 3.11. The van der Waals surface area contributed by atoms with Crippen LogP contribution in [0.15, 0.2) is 11.8 Å². The average Bonchev–Trinajstić information content (AvgIpc) is 2.39. The van der Waals surface area contributed by atoms with Crippen molar-refractivity contribution in [1.29, 1.82) is 0 Å². The van der Waals surface area contributed by atoms with Crippen LogP contribution in [0.25, 0.3) is 0 Å². The second-order valence-electron chi connectivity index (χ2n) is 3.11. The van der Waals surface area contributed by atoms with Gasteiger partial charge in [0.05, 0.1) is 13.0 Å². The highest BCUT2D eigenvalue weighted by molar-refractivity contribution is 5.91. The quantitative estimate of drug-likeness (QED) is 0.551. The van der Waals surface area contributed by atoms with Crippen LogP contribution in [0.4, 0.5) is 0 Å². The molecule has 2 aliphatic rings. The molecular weight excluding hydrogens is 190 g/mol. The summed E-state index contributed by atoms with van der Waals surface area (Å²) in [7, 11) is 0. The van der Waals surface area contributed by atoms with Gasteiger partial charge in [0.25, 0.3) is 0 Å². The summed E-state index contributed by atoms with van der Waals surface area (Å²) >= 11 is 0. The van der Waals surface area contributed by atoms with E-state index >= 15 is 0 Å². The number of β-lactam (4-membered cyclic amide) rings is 1. The molecule has 0 aromatic rings. The Morgan fingerprint density at radius 1 is 1.71 bits per heavy atom. The lowest BCUT2D eigenvalue weighted by molar-refractivity contribution is -0.163. The molecule has 0 spiro atoms. The lowest BCUT2D eigenvalue weighted by Crippen LogP contribution is -2.54. The number of nitrogens with zero attached hydrogens (tertiary/aromatic N) is 1. The molecule has 14 heavy (non-hydrogen) atoms. The molecule has 2 atom stereocenters. The molecule has 2 heterocycles. The van der Waals surface area contributed by atoms with Crippen molar-refractivity contribution >= 4 is 11.9 Å². The number of hydrogen-bond donors (Lipinski definition) is 2. The van der Waals surface area contributed by atoms with E-state index in [9.17, 15) is 9.59 Å². The number of fused-ring (bicyclic) bond motifs is 1. The Hall–Kier alpha value is -1.56. The topological polar surface area (TPSA) is 87.1 Å². The number of aliphatic hydroxyl groups is 1. The minimum Gasteiger partial charge on any atom is -0.479 e. The van der Waals surface area contributed by atoms with E-state index in [-0.39, 0.29) is 24.7 Å². The number of carboxylic acid groups (broad SMARTS) is 1. The monoisotopic (exact) mass is 199 g/mol. The van der Waals surface area contributed by atoms with Crippen LogP contribution in [0.1, 0.15) is 6.42 Å². The number of amides is 1. The van der Waals surface area contributed by atoms with Crippen molar-refractivity contribution in [3.63, 3.8) is 0 Å². The Morgan fingerprint density at radius 2 is 2.43 bits per heavy atom. The Labute approximate surface area is 79.4 Å². The molecule has 0 aliphatic carbocycles. The first kappa shape index (κ1) is 9.01. The van der Waals surface area contributed by atoms with E-state index in [1.165, 1.54) is 11.0 Å². The van der Waals surface area contributed by atoms with E-state index in [1.54, 1.807) is 0 Å². The standard InChI is InChI=1S/C8H9NO5/c10-2-1-4-7(8(12)13)9-5(11)3-6(9)14-4/h1,6-7,10H,2-3H2,(H,12,13)/t6-,7+/m1/s1. The summed E-state index contributed by atoms with van der Waals surface area (Å²) in [4.78, 5) is 23.1. The van der Waals surface area contributed by atoms with Crippen LogP contribution in [0.3, 0.4) is 0 Å². The number of hydrogen-bond acceptors (Lipinski definition) is 4. The normalized spacial score (nSPS) is 32.5. The molecule has 0 unspecified atom stereocenters. The first-order chi connectivity index (χ1) is 6.65. The number of rotatable bonds is 2. The van der Waals surface area contributed by atoms with Gasteiger partial charge < -0.3 is 14.9 Å². The molecule has 6 heteroatoms. The van der Waals surface area contributed by atoms with Crippen molar-refractivity contribution in [3.8, 4) is 0 Å². The van der Waals surface area contributed by atoms with Crippen LogP contribution in [0.5, 0.6) is 0 Å². The van der Waals surface area contributed by atoms with Crippen molar-refractivity contribution in [3.05, 3.63) is 11.8 Å². The summed E-state index contributed by atoms with van der Waals surface area (Å²) in [6, 6.07) is -1.06. The van der Waals surface area contributed by atoms with E-state index in [4.69, 9.17) is 14.9 Å². The van der Waals surface area contributed by atoms with Crippen LogP contribution >= 0.6 is 0 Å². The zero-order chi connectivity index (χ0) is 10.3. The fourth-order valence-electron chi connectivity index (χ4n) is 1.66. The molecule has 2 aliphatic heterocycles. The van der Waals surface area contributed by atoms with Crippen LogP contribution in [-0.4, -0.2) is 45.9 Å². The highest BCUT2D eigenvalue weighted by Crippen LogP contribution is 2.36. The molecule has 2 saturated heterocycles. The molecule has 2 fully saturated rings. The van der Waals surface area contributed by atoms with Crippen molar-refractivity contribution in [2.24, 2.45) is 0 Å². The number of ether oxygens (including phenoxy) is 1. The Morgan fingerprint density at radius 3 is 2.93 bits per heavy atom. The molecule has 0 aromatic carbocycles. The lowest BCUT2D eigenvalue weighted by atomic mass is 10.1. The van der Waals surface area contributed by atoms with Gasteiger partial charge in [0, 0.05) is 0 Å². The van der Waals surface area contributed by atoms with E-state index < -0.39 is 18.2 Å². The summed E-state index contributed by atoms with van der Waals surface area (Å²) in [6.45, 7) is -0.298. The Bertz CT molecular complexity index is 324. The van der Waals surface area contributed by atoms with Crippen molar-refractivity contribution in [1.82, 2.24) is 4.90 Å². The molecule has 6 nitrogen and oxygen atoms in total. The third kappa shape index (κ3) is 1.07. The summed E-state index contributed by atoms with van der Waals surface area (Å²) in [5.74, 6) is -1.22. The van der Waals surface area contributed by atoms with Crippen LogP contribution in [0, 0.1) is 0 Å². The van der Waals surface area contributed by atoms with Gasteiger partial charge in [-0.2, -0.15) is 0 Å². The number of carbonyl (C=O) groups is 2. The summed E-state index contributed by atoms with van der Waals surface area (Å²) in [5, 5.41) is 17.5. The SMILES string of the molecule is O=C(O)[C@@H]1C(=CCO)O[C@@H]2CC(=O)N12. The predicted molar refractivity (Wildman–Crippen MR) is 42.9 cm³/mol. The van der Waals surface area contributed by atoms with Gasteiger partial charge in [-0.3, -0.25) is 9.69 Å². The minimum absolute atomic E-state index is 0.149. The number of aliphatic hydroxyl groups excluding tert-OH is 1. The molecule has 1 amide bonds. The molecule has 0 radical (unpaired) electrons. The molecule has 2 rings (SSSR count). The van der Waals surface area contributed by atoms with Gasteiger partial charge in [0.2, 0.25) is 5.91 Å². The van der Waals surface area contributed by atoms with Gasteiger partial charge in [-0.1, -0.05) is 0 Å². The van der Waals surface area contributed by atoms with Gasteiger partial charge >= 0.3 is 5.97 Å². The fraction of sp³-hybridized carbons (Fsp3) is 0.500.